The fraction of sp³-hybridized carbons (Fsp3) is 0.300. The van der Waals surface area contributed by atoms with Gasteiger partial charge in [-0.1, -0.05) is 62.4 Å². The van der Waals surface area contributed by atoms with Gasteiger partial charge >= 0.3 is 0 Å². The van der Waals surface area contributed by atoms with E-state index in [0.29, 0.717) is 0 Å². The molecule has 0 aliphatic carbocycles. The lowest BCUT2D eigenvalue weighted by atomic mass is 9.73. The lowest BCUT2D eigenvalue weighted by Crippen LogP contribution is -2.51. The molecule has 0 aliphatic rings. The van der Waals surface area contributed by atoms with Crippen LogP contribution in [0.1, 0.15) is 35.7 Å². The molecule has 2 rings (SSSR count). The number of rotatable bonds is 8. The maximum absolute atomic E-state index is 16.2. The summed E-state index contributed by atoms with van der Waals surface area (Å²) in [5, 5.41) is 11.2. The van der Waals surface area contributed by atoms with E-state index in [1.54, 1.807) is 6.07 Å². The molecular weight excluding hydrogens is 356 g/mol. The Balaban J connectivity index is 2.71. The first-order valence-electron chi connectivity index (χ1n) is 8.38. The van der Waals surface area contributed by atoms with Crippen molar-refractivity contribution in [2.75, 3.05) is 6.54 Å². The molecule has 0 aliphatic heterocycles. The molecule has 0 aromatic heterocycles. The number of carbonyl (C=O) groups excluding carboxylic acids is 2. The summed E-state index contributed by atoms with van der Waals surface area (Å²) in [4.78, 5) is 36.1. The van der Waals surface area contributed by atoms with E-state index >= 15 is 4.39 Å². The third kappa shape index (κ3) is 4.07. The zero-order valence-electron chi connectivity index (χ0n) is 14.9. The molecule has 0 amide bonds. The van der Waals surface area contributed by atoms with Gasteiger partial charge in [0.05, 0.1) is 0 Å². The molecule has 0 fully saturated rings. The average Bonchev–Trinajstić information content (AvgIpc) is 2.65. The van der Waals surface area contributed by atoms with Crippen LogP contribution in [-0.4, -0.2) is 28.7 Å². The Bertz CT molecular complexity index is 854. The molecular formula is C20H19F2NO4. The molecule has 2 atom stereocenters. The van der Waals surface area contributed by atoms with Crippen molar-refractivity contribution in [1.82, 2.24) is 0 Å². The predicted molar refractivity (Wildman–Crippen MR) is 95.5 cm³/mol. The first-order chi connectivity index (χ1) is 12.7. The molecule has 2 aromatic carbocycles. The Hall–Kier alpha value is -2.96. The van der Waals surface area contributed by atoms with Crippen molar-refractivity contribution >= 4 is 11.6 Å². The zero-order valence-corrected chi connectivity index (χ0v) is 14.9. The SMILES string of the molecule is CC(C)C(=O)[C@](F)(C(=O)c1ccccc1)[C@H](C[N+](=O)[O-])c1ccccc1F. The third-order valence-corrected chi connectivity index (χ3v) is 4.34. The van der Waals surface area contributed by atoms with Gasteiger partial charge < -0.3 is 0 Å². The van der Waals surface area contributed by atoms with Crippen LogP contribution in [0.5, 0.6) is 0 Å². The van der Waals surface area contributed by atoms with Gasteiger partial charge in [-0.05, 0) is 6.07 Å². The van der Waals surface area contributed by atoms with Gasteiger partial charge in [0.25, 0.3) is 0 Å². The molecule has 7 heteroatoms. The van der Waals surface area contributed by atoms with Crippen LogP contribution in [0.25, 0.3) is 0 Å². The van der Waals surface area contributed by atoms with E-state index < -0.39 is 46.4 Å². The van der Waals surface area contributed by atoms with Crippen LogP contribution in [0.15, 0.2) is 54.6 Å². The van der Waals surface area contributed by atoms with Crippen LogP contribution < -0.4 is 0 Å². The van der Waals surface area contributed by atoms with E-state index in [4.69, 9.17) is 0 Å². The van der Waals surface area contributed by atoms with Crippen molar-refractivity contribution < 1.29 is 23.3 Å². The molecule has 0 bridgehead atoms. The number of benzene rings is 2. The summed E-state index contributed by atoms with van der Waals surface area (Å²) in [6, 6.07) is 12.1. The molecule has 5 nitrogen and oxygen atoms in total. The Labute approximate surface area is 155 Å². The molecule has 0 saturated carbocycles. The molecule has 142 valence electrons. The smallest absolute Gasteiger partial charge is 0.244 e. The summed E-state index contributed by atoms with van der Waals surface area (Å²) in [7, 11) is 0. The van der Waals surface area contributed by atoms with Crippen molar-refractivity contribution in [3.8, 4) is 0 Å². The Morgan fingerprint density at radius 3 is 2.15 bits per heavy atom. The molecule has 27 heavy (non-hydrogen) atoms. The highest BCUT2D eigenvalue weighted by Gasteiger charge is 2.56. The standard InChI is InChI=1S/C20H19F2NO4/c1-13(2)18(24)20(22,19(25)14-8-4-3-5-9-14)16(12-23(26)27)15-10-6-7-11-17(15)21/h3-11,13,16H,12H2,1-2H3/t16-,20+/m1/s1. The Morgan fingerprint density at radius 1 is 1.07 bits per heavy atom. The number of nitro groups is 1. The van der Waals surface area contributed by atoms with Crippen LogP contribution in [0.3, 0.4) is 0 Å². The van der Waals surface area contributed by atoms with Gasteiger partial charge in [0.2, 0.25) is 18.0 Å². The van der Waals surface area contributed by atoms with Gasteiger partial charge in [-0.25, -0.2) is 8.78 Å². The maximum Gasteiger partial charge on any atom is 0.244 e. The lowest BCUT2D eigenvalue weighted by Gasteiger charge is -2.31. The highest BCUT2D eigenvalue weighted by molar-refractivity contribution is 6.18. The van der Waals surface area contributed by atoms with E-state index in [2.05, 4.69) is 0 Å². The first-order valence-corrected chi connectivity index (χ1v) is 8.38. The molecule has 0 radical (unpaired) electrons. The van der Waals surface area contributed by atoms with Crippen molar-refractivity contribution in [3.63, 3.8) is 0 Å². The minimum absolute atomic E-state index is 0.112. The van der Waals surface area contributed by atoms with Gasteiger partial charge in [-0.3, -0.25) is 19.7 Å². The van der Waals surface area contributed by atoms with E-state index in [1.165, 1.54) is 50.2 Å². The second kappa shape index (κ2) is 8.16. The van der Waals surface area contributed by atoms with Gasteiger partial charge in [0.1, 0.15) is 11.7 Å². The number of hydrogen-bond acceptors (Lipinski definition) is 4. The topological polar surface area (TPSA) is 77.3 Å². The Morgan fingerprint density at radius 2 is 1.63 bits per heavy atom. The average molecular weight is 375 g/mol. The third-order valence-electron chi connectivity index (χ3n) is 4.34. The second-order valence-corrected chi connectivity index (χ2v) is 6.52. The summed E-state index contributed by atoms with van der Waals surface area (Å²) < 4.78 is 30.6. The van der Waals surface area contributed by atoms with E-state index in [-0.39, 0.29) is 11.1 Å². The quantitative estimate of drug-likeness (QED) is 0.302. The van der Waals surface area contributed by atoms with Gasteiger partial charge in [0, 0.05) is 22.0 Å². The summed E-state index contributed by atoms with van der Waals surface area (Å²) >= 11 is 0. The van der Waals surface area contributed by atoms with Gasteiger partial charge in [-0.2, -0.15) is 0 Å². The highest BCUT2D eigenvalue weighted by Crippen LogP contribution is 2.39. The largest absolute Gasteiger partial charge is 0.295 e. The molecule has 0 spiro atoms. The number of alkyl halides is 1. The van der Waals surface area contributed by atoms with Gasteiger partial charge in [-0.15, -0.1) is 0 Å². The minimum atomic E-state index is -3.27. The summed E-state index contributed by atoms with van der Waals surface area (Å²) in [5.74, 6) is -6.06. The summed E-state index contributed by atoms with van der Waals surface area (Å²) in [6.45, 7) is 1.67. The molecule has 2 aromatic rings. The number of carbonyl (C=O) groups is 2. The molecule has 0 saturated heterocycles. The van der Waals surface area contributed by atoms with Crippen LogP contribution in [-0.2, 0) is 4.79 Å². The van der Waals surface area contributed by atoms with Crippen LogP contribution in [0, 0.1) is 21.8 Å². The lowest BCUT2D eigenvalue weighted by molar-refractivity contribution is -0.485. The van der Waals surface area contributed by atoms with Crippen molar-refractivity contribution in [2.24, 2.45) is 5.92 Å². The fourth-order valence-electron chi connectivity index (χ4n) is 3.01. The van der Waals surface area contributed by atoms with Crippen molar-refractivity contribution in [3.05, 3.63) is 81.7 Å². The van der Waals surface area contributed by atoms with Crippen molar-refractivity contribution in [2.45, 2.75) is 25.4 Å². The normalized spacial score (nSPS) is 14.4. The summed E-state index contributed by atoms with van der Waals surface area (Å²) in [6.07, 6.45) is 0. The predicted octanol–water partition coefficient (Wildman–Crippen LogP) is 4.00. The number of hydrogen-bond donors (Lipinski definition) is 0. The number of Topliss-reactive ketones (excluding diaryl/α,β-unsaturated/α-hetero) is 2. The minimum Gasteiger partial charge on any atom is -0.295 e. The molecule has 0 N–H and O–H groups in total. The molecule has 0 unspecified atom stereocenters. The van der Waals surface area contributed by atoms with Crippen LogP contribution in [0.2, 0.25) is 0 Å². The number of halogens is 2. The Kier molecular flexibility index (Phi) is 6.15. The number of nitrogens with zero attached hydrogens (tertiary/aromatic N) is 1. The summed E-state index contributed by atoms with van der Waals surface area (Å²) in [5.41, 5.74) is -3.77. The molecule has 0 heterocycles. The van der Waals surface area contributed by atoms with E-state index in [9.17, 15) is 24.1 Å². The zero-order chi connectivity index (χ0) is 20.2. The van der Waals surface area contributed by atoms with Crippen LogP contribution >= 0.6 is 0 Å². The second-order valence-electron chi connectivity index (χ2n) is 6.52. The monoisotopic (exact) mass is 375 g/mol. The van der Waals surface area contributed by atoms with Gasteiger partial charge in [0.15, 0.2) is 5.78 Å². The van der Waals surface area contributed by atoms with E-state index in [1.807, 2.05) is 0 Å². The fourth-order valence-corrected chi connectivity index (χ4v) is 3.01. The van der Waals surface area contributed by atoms with E-state index in [0.717, 1.165) is 12.1 Å². The van der Waals surface area contributed by atoms with Crippen molar-refractivity contribution in [1.29, 1.82) is 0 Å². The highest BCUT2D eigenvalue weighted by atomic mass is 19.1. The first kappa shape index (κ1) is 20.4. The van der Waals surface area contributed by atoms with Crippen LogP contribution in [0.4, 0.5) is 8.78 Å². The number of ketones is 2. The maximum atomic E-state index is 16.2.